The molecule has 0 unspecified atom stereocenters. The molecule has 0 spiro atoms. The molecule has 1 saturated heterocycles. The lowest BCUT2D eigenvalue weighted by Crippen LogP contribution is -2.50. The Morgan fingerprint density at radius 1 is 1.08 bits per heavy atom. The van der Waals surface area contributed by atoms with Crippen LogP contribution in [0.5, 0.6) is 5.75 Å². The van der Waals surface area contributed by atoms with Gasteiger partial charge < -0.3 is 19.9 Å². The Morgan fingerprint density at radius 3 is 2.28 bits per heavy atom. The van der Waals surface area contributed by atoms with Crippen LogP contribution in [0.3, 0.4) is 0 Å². The average Bonchev–Trinajstić information content (AvgIpc) is 2.56. The molecule has 136 valence electrons. The van der Waals surface area contributed by atoms with Crippen molar-refractivity contribution < 1.29 is 19.1 Å². The van der Waals surface area contributed by atoms with Crippen molar-refractivity contribution in [3.05, 3.63) is 24.3 Å². The number of para-hydroxylation sites is 2. The summed E-state index contributed by atoms with van der Waals surface area (Å²) in [6.45, 7) is 7.26. The number of carbonyl (C=O) groups is 3. The highest BCUT2D eigenvalue weighted by molar-refractivity contribution is 6.04. The molecular formula is C18H25N3O4. The minimum Gasteiger partial charge on any atom is -0.489 e. The molecular weight excluding hydrogens is 322 g/mol. The second kappa shape index (κ2) is 8.50. The average molecular weight is 347 g/mol. The Kier molecular flexibility index (Phi) is 6.38. The third kappa shape index (κ3) is 5.48. The van der Waals surface area contributed by atoms with Crippen molar-refractivity contribution in [2.45, 2.75) is 33.3 Å². The van der Waals surface area contributed by atoms with Gasteiger partial charge in [-0.2, -0.15) is 0 Å². The van der Waals surface area contributed by atoms with E-state index in [4.69, 9.17) is 4.74 Å². The highest BCUT2D eigenvalue weighted by Gasteiger charge is 2.24. The van der Waals surface area contributed by atoms with Crippen molar-refractivity contribution in [2.24, 2.45) is 0 Å². The van der Waals surface area contributed by atoms with E-state index in [-0.39, 0.29) is 30.2 Å². The number of hydrogen-bond donors (Lipinski definition) is 1. The van der Waals surface area contributed by atoms with Gasteiger partial charge in [-0.25, -0.2) is 0 Å². The first-order chi connectivity index (χ1) is 11.9. The van der Waals surface area contributed by atoms with Gasteiger partial charge in [-0.3, -0.25) is 14.4 Å². The fourth-order valence-electron chi connectivity index (χ4n) is 2.64. The zero-order chi connectivity index (χ0) is 18.4. The van der Waals surface area contributed by atoms with Crippen LogP contribution in [0.2, 0.25) is 0 Å². The number of carbonyl (C=O) groups excluding carboxylic acids is 3. The number of nitrogens with one attached hydrogen (secondary N) is 1. The molecule has 1 N–H and O–H groups in total. The van der Waals surface area contributed by atoms with Gasteiger partial charge >= 0.3 is 0 Å². The maximum absolute atomic E-state index is 12.3. The van der Waals surface area contributed by atoms with Crippen molar-refractivity contribution in [2.75, 3.05) is 31.5 Å². The number of benzene rings is 1. The van der Waals surface area contributed by atoms with Gasteiger partial charge in [0.05, 0.1) is 11.8 Å². The Bertz CT molecular complexity index is 637. The van der Waals surface area contributed by atoms with Crippen LogP contribution in [-0.2, 0) is 14.4 Å². The van der Waals surface area contributed by atoms with E-state index >= 15 is 0 Å². The van der Waals surface area contributed by atoms with Crippen LogP contribution in [0.1, 0.15) is 27.2 Å². The molecule has 7 heteroatoms. The quantitative estimate of drug-likeness (QED) is 0.819. The molecule has 1 aliphatic rings. The fourth-order valence-corrected chi connectivity index (χ4v) is 2.64. The molecule has 1 aromatic carbocycles. The van der Waals surface area contributed by atoms with Crippen LogP contribution in [0.4, 0.5) is 5.69 Å². The molecule has 2 rings (SSSR count). The van der Waals surface area contributed by atoms with Gasteiger partial charge in [0.1, 0.15) is 12.2 Å². The lowest BCUT2D eigenvalue weighted by Gasteiger charge is -2.34. The molecule has 0 bridgehead atoms. The second-order valence-electron chi connectivity index (χ2n) is 6.27. The van der Waals surface area contributed by atoms with E-state index in [0.717, 1.165) is 0 Å². The molecule has 3 amide bonds. The van der Waals surface area contributed by atoms with E-state index in [2.05, 4.69) is 5.32 Å². The number of rotatable bonds is 5. The smallest absolute Gasteiger partial charge is 0.233 e. The van der Waals surface area contributed by atoms with Gasteiger partial charge in [0, 0.05) is 33.1 Å². The van der Waals surface area contributed by atoms with Gasteiger partial charge in [-0.15, -0.1) is 0 Å². The zero-order valence-electron chi connectivity index (χ0n) is 14.9. The molecule has 25 heavy (non-hydrogen) atoms. The van der Waals surface area contributed by atoms with Gasteiger partial charge in [0.15, 0.2) is 0 Å². The molecule has 0 aromatic heterocycles. The van der Waals surface area contributed by atoms with Crippen LogP contribution < -0.4 is 10.1 Å². The van der Waals surface area contributed by atoms with Gasteiger partial charge in [0.2, 0.25) is 17.7 Å². The molecule has 1 heterocycles. The summed E-state index contributed by atoms with van der Waals surface area (Å²) in [5.74, 6) is -0.0262. The van der Waals surface area contributed by atoms with Gasteiger partial charge in [-0.1, -0.05) is 12.1 Å². The lowest BCUT2D eigenvalue weighted by molar-refractivity contribution is -0.140. The van der Waals surface area contributed by atoms with E-state index in [0.29, 0.717) is 37.6 Å². The van der Waals surface area contributed by atoms with E-state index in [1.54, 1.807) is 28.0 Å². The first-order valence-corrected chi connectivity index (χ1v) is 8.45. The van der Waals surface area contributed by atoms with Crippen LogP contribution in [-0.4, -0.2) is 59.8 Å². The summed E-state index contributed by atoms with van der Waals surface area (Å²) in [6.07, 6.45) is -0.243. The highest BCUT2D eigenvalue weighted by Crippen LogP contribution is 2.25. The fraction of sp³-hybridized carbons (Fsp3) is 0.500. The second-order valence-corrected chi connectivity index (χ2v) is 6.27. The number of anilines is 1. The molecule has 0 atom stereocenters. The summed E-state index contributed by atoms with van der Waals surface area (Å²) in [6, 6.07) is 7.14. The summed E-state index contributed by atoms with van der Waals surface area (Å²) in [5.41, 5.74) is 0.551. The SMILES string of the molecule is CC(=O)N1CCN(C(=O)CC(=O)Nc2ccccc2OC(C)C)CC1. The zero-order valence-corrected chi connectivity index (χ0v) is 14.9. The van der Waals surface area contributed by atoms with Crippen molar-refractivity contribution in [1.82, 2.24) is 9.80 Å². The highest BCUT2D eigenvalue weighted by atomic mass is 16.5. The Hall–Kier alpha value is -2.57. The monoisotopic (exact) mass is 347 g/mol. The number of piperazine rings is 1. The van der Waals surface area contributed by atoms with Gasteiger partial charge in [0.25, 0.3) is 0 Å². The van der Waals surface area contributed by atoms with Crippen LogP contribution in [0.25, 0.3) is 0 Å². The summed E-state index contributed by atoms with van der Waals surface area (Å²) in [7, 11) is 0. The third-order valence-corrected chi connectivity index (χ3v) is 3.91. The van der Waals surface area contributed by atoms with Crippen molar-refractivity contribution in [3.8, 4) is 5.75 Å². The van der Waals surface area contributed by atoms with E-state index in [1.807, 2.05) is 19.9 Å². The van der Waals surface area contributed by atoms with Crippen LogP contribution >= 0.6 is 0 Å². The molecule has 1 fully saturated rings. The molecule has 1 aliphatic heterocycles. The van der Waals surface area contributed by atoms with E-state index in [1.165, 1.54) is 6.92 Å². The molecule has 1 aromatic rings. The minimum atomic E-state index is -0.376. The Labute approximate surface area is 147 Å². The Balaban J connectivity index is 1.88. The number of ether oxygens (including phenoxy) is 1. The number of amides is 3. The van der Waals surface area contributed by atoms with Crippen molar-refractivity contribution in [3.63, 3.8) is 0 Å². The summed E-state index contributed by atoms with van der Waals surface area (Å²) < 4.78 is 5.65. The van der Waals surface area contributed by atoms with Crippen LogP contribution in [0, 0.1) is 0 Å². The number of nitrogens with zero attached hydrogens (tertiary/aromatic N) is 2. The first-order valence-electron chi connectivity index (χ1n) is 8.45. The summed E-state index contributed by atoms with van der Waals surface area (Å²) in [5, 5.41) is 2.74. The molecule has 0 radical (unpaired) electrons. The molecule has 7 nitrogen and oxygen atoms in total. The normalized spacial score (nSPS) is 14.4. The maximum atomic E-state index is 12.3. The summed E-state index contributed by atoms with van der Waals surface area (Å²) >= 11 is 0. The topological polar surface area (TPSA) is 79.0 Å². The van der Waals surface area contributed by atoms with Crippen molar-refractivity contribution in [1.29, 1.82) is 0 Å². The van der Waals surface area contributed by atoms with Crippen molar-refractivity contribution >= 4 is 23.4 Å². The third-order valence-electron chi connectivity index (χ3n) is 3.91. The predicted octanol–water partition coefficient (Wildman–Crippen LogP) is 1.49. The van der Waals surface area contributed by atoms with E-state index < -0.39 is 0 Å². The predicted molar refractivity (Wildman–Crippen MR) is 94.3 cm³/mol. The molecule has 0 aliphatic carbocycles. The van der Waals surface area contributed by atoms with Gasteiger partial charge in [-0.05, 0) is 26.0 Å². The lowest BCUT2D eigenvalue weighted by atomic mass is 10.2. The van der Waals surface area contributed by atoms with Crippen LogP contribution in [0.15, 0.2) is 24.3 Å². The maximum Gasteiger partial charge on any atom is 0.233 e. The standard InChI is InChI=1S/C18H25N3O4/c1-13(2)25-16-7-5-4-6-15(16)19-17(23)12-18(24)21-10-8-20(9-11-21)14(3)22/h4-7,13H,8-12H2,1-3H3,(H,19,23). The minimum absolute atomic E-state index is 0.00611. The summed E-state index contributed by atoms with van der Waals surface area (Å²) in [4.78, 5) is 39.1. The van der Waals surface area contributed by atoms with E-state index in [9.17, 15) is 14.4 Å². The molecule has 0 saturated carbocycles. The number of hydrogen-bond acceptors (Lipinski definition) is 4. The largest absolute Gasteiger partial charge is 0.489 e. The Morgan fingerprint density at radius 2 is 1.68 bits per heavy atom. The first kappa shape index (κ1) is 18.8.